The zero-order chi connectivity index (χ0) is 18.9. The van der Waals surface area contributed by atoms with Gasteiger partial charge in [-0.1, -0.05) is 11.8 Å². The second kappa shape index (κ2) is 9.61. The molecule has 1 aromatic carbocycles. The molecule has 0 aliphatic rings. The highest BCUT2D eigenvalue weighted by Crippen LogP contribution is 2.19. The number of aromatic nitrogens is 2. The number of benzene rings is 1. The van der Waals surface area contributed by atoms with Gasteiger partial charge < -0.3 is 19.5 Å². The van der Waals surface area contributed by atoms with E-state index in [-0.39, 0.29) is 12.0 Å². The summed E-state index contributed by atoms with van der Waals surface area (Å²) in [6.45, 7) is 2.64. The van der Waals surface area contributed by atoms with Crippen LogP contribution < -0.4 is 10.1 Å². The van der Waals surface area contributed by atoms with Gasteiger partial charge in [0.15, 0.2) is 5.82 Å². The number of nitrogens with one attached hydrogen (secondary N) is 1. The number of hydrogen-bond donors (Lipinski definition) is 1. The maximum Gasteiger partial charge on any atom is 0.257 e. The van der Waals surface area contributed by atoms with E-state index in [0.717, 1.165) is 0 Å². The van der Waals surface area contributed by atoms with Crippen molar-refractivity contribution in [3.8, 4) is 17.6 Å². The van der Waals surface area contributed by atoms with Crippen LogP contribution in [-0.4, -0.2) is 49.2 Å². The first kappa shape index (κ1) is 19.5. The Morgan fingerprint density at radius 3 is 2.77 bits per heavy atom. The number of anilines is 1. The van der Waals surface area contributed by atoms with Gasteiger partial charge in [0.2, 0.25) is 0 Å². The van der Waals surface area contributed by atoms with Crippen LogP contribution in [0.1, 0.15) is 22.8 Å². The van der Waals surface area contributed by atoms with Crippen LogP contribution in [0.4, 0.5) is 5.82 Å². The number of aryl methyl sites for hydroxylation is 1. The quantitative estimate of drug-likeness (QED) is 0.768. The molecule has 0 fully saturated rings. The number of rotatable bonds is 7. The maximum atomic E-state index is 12.6. The largest absolute Gasteiger partial charge is 0.488 e. The molecule has 1 amide bonds. The fourth-order valence-corrected chi connectivity index (χ4v) is 2.25. The molecule has 1 aromatic heterocycles. The Morgan fingerprint density at radius 2 is 2.12 bits per heavy atom. The van der Waals surface area contributed by atoms with E-state index in [1.165, 1.54) is 0 Å². The van der Waals surface area contributed by atoms with Crippen LogP contribution in [-0.2, 0) is 16.5 Å². The molecular formula is C19H23N3O4. The van der Waals surface area contributed by atoms with Gasteiger partial charge in [0.1, 0.15) is 18.5 Å². The Kier molecular flexibility index (Phi) is 7.21. The average Bonchev–Trinajstić information content (AvgIpc) is 3.00. The van der Waals surface area contributed by atoms with Crippen molar-refractivity contribution in [2.24, 2.45) is 7.05 Å². The van der Waals surface area contributed by atoms with Crippen LogP contribution in [0.25, 0.3) is 0 Å². The van der Waals surface area contributed by atoms with Crippen molar-refractivity contribution >= 4 is 11.7 Å². The topological polar surface area (TPSA) is 74.6 Å². The Hall–Kier alpha value is -2.82. The summed E-state index contributed by atoms with van der Waals surface area (Å²) in [5, 5.41) is 6.90. The van der Waals surface area contributed by atoms with Gasteiger partial charge in [-0.3, -0.25) is 9.48 Å². The summed E-state index contributed by atoms with van der Waals surface area (Å²) in [5.74, 6) is 6.58. The van der Waals surface area contributed by atoms with E-state index in [1.807, 2.05) is 6.92 Å². The summed E-state index contributed by atoms with van der Waals surface area (Å²) < 4.78 is 17.5. The summed E-state index contributed by atoms with van der Waals surface area (Å²) in [6.07, 6.45) is 1.59. The van der Waals surface area contributed by atoms with Crippen molar-refractivity contribution in [2.45, 2.75) is 13.0 Å². The summed E-state index contributed by atoms with van der Waals surface area (Å²) in [6, 6.07) is 6.88. The van der Waals surface area contributed by atoms with E-state index in [1.54, 1.807) is 56.4 Å². The lowest BCUT2D eigenvalue weighted by Crippen LogP contribution is -2.19. The second-order valence-corrected chi connectivity index (χ2v) is 5.69. The minimum absolute atomic E-state index is 0.158. The van der Waals surface area contributed by atoms with Gasteiger partial charge in [0.05, 0.1) is 6.61 Å². The highest BCUT2D eigenvalue weighted by atomic mass is 16.5. The molecule has 2 aromatic rings. The molecule has 0 saturated heterocycles. The van der Waals surface area contributed by atoms with Crippen molar-refractivity contribution in [1.82, 2.24) is 9.78 Å². The molecule has 1 heterocycles. The van der Waals surface area contributed by atoms with Crippen molar-refractivity contribution in [1.29, 1.82) is 0 Å². The van der Waals surface area contributed by atoms with E-state index in [0.29, 0.717) is 35.9 Å². The van der Waals surface area contributed by atoms with Gasteiger partial charge >= 0.3 is 0 Å². The molecule has 0 unspecified atom stereocenters. The maximum absolute atomic E-state index is 12.6. The smallest absolute Gasteiger partial charge is 0.257 e. The van der Waals surface area contributed by atoms with E-state index >= 15 is 0 Å². The lowest BCUT2D eigenvalue weighted by molar-refractivity contribution is 0.0917. The molecule has 0 aliphatic heterocycles. The minimum Gasteiger partial charge on any atom is -0.488 e. The predicted molar refractivity (Wildman–Crippen MR) is 98.3 cm³/mol. The fourth-order valence-electron chi connectivity index (χ4n) is 2.25. The van der Waals surface area contributed by atoms with Crippen LogP contribution in [0.15, 0.2) is 30.5 Å². The van der Waals surface area contributed by atoms with Gasteiger partial charge in [-0.15, -0.1) is 0 Å². The van der Waals surface area contributed by atoms with Crippen molar-refractivity contribution < 1.29 is 19.0 Å². The van der Waals surface area contributed by atoms with Crippen molar-refractivity contribution in [3.63, 3.8) is 0 Å². The average molecular weight is 357 g/mol. The molecule has 1 N–H and O–H groups in total. The number of carbonyl (C=O) groups excluding carboxylic acids is 1. The van der Waals surface area contributed by atoms with Gasteiger partial charge in [0.25, 0.3) is 5.91 Å². The first-order valence-corrected chi connectivity index (χ1v) is 8.11. The summed E-state index contributed by atoms with van der Waals surface area (Å²) >= 11 is 0. The Bertz CT molecular complexity index is 805. The molecule has 7 nitrogen and oxygen atoms in total. The molecule has 7 heteroatoms. The first-order chi connectivity index (χ1) is 12.5. The fraction of sp³-hybridized carbons (Fsp3) is 0.368. The summed E-state index contributed by atoms with van der Waals surface area (Å²) in [4.78, 5) is 12.6. The third-order valence-electron chi connectivity index (χ3n) is 3.31. The van der Waals surface area contributed by atoms with Crippen LogP contribution >= 0.6 is 0 Å². The Balaban J connectivity index is 2.26. The molecule has 0 spiro atoms. The Morgan fingerprint density at radius 1 is 1.31 bits per heavy atom. The van der Waals surface area contributed by atoms with Crippen LogP contribution in [0.2, 0.25) is 0 Å². The summed E-state index contributed by atoms with van der Waals surface area (Å²) in [5.41, 5.74) is 1.09. The van der Waals surface area contributed by atoms with E-state index in [2.05, 4.69) is 22.3 Å². The first-order valence-electron chi connectivity index (χ1n) is 8.11. The number of carbonyl (C=O) groups is 1. The molecular weight excluding hydrogens is 334 g/mol. The number of ether oxygens (including phenoxy) is 3. The van der Waals surface area contributed by atoms with Gasteiger partial charge in [-0.2, -0.15) is 5.10 Å². The van der Waals surface area contributed by atoms with Crippen LogP contribution in [0.3, 0.4) is 0 Å². The van der Waals surface area contributed by atoms with Gasteiger partial charge in [0, 0.05) is 44.7 Å². The third-order valence-corrected chi connectivity index (χ3v) is 3.31. The molecule has 1 atom stereocenters. The number of hydrogen-bond acceptors (Lipinski definition) is 5. The zero-order valence-electron chi connectivity index (χ0n) is 15.4. The number of amides is 1. The normalized spacial score (nSPS) is 11.4. The second-order valence-electron chi connectivity index (χ2n) is 5.69. The Labute approximate surface area is 153 Å². The van der Waals surface area contributed by atoms with Gasteiger partial charge in [-0.25, -0.2) is 0 Å². The van der Waals surface area contributed by atoms with Crippen LogP contribution in [0, 0.1) is 11.8 Å². The van der Waals surface area contributed by atoms with Crippen LogP contribution in [0.5, 0.6) is 5.75 Å². The van der Waals surface area contributed by atoms with E-state index in [9.17, 15) is 4.79 Å². The lowest BCUT2D eigenvalue weighted by atomic mass is 10.1. The third kappa shape index (κ3) is 5.92. The number of nitrogens with zero attached hydrogens (tertiary/aromatic N) is 2. The van der Waals surface area contributed by atoms with Gasteiger partial charge in [-0.05, 0) is 25.1 Å². The molecule has 0 radical (unpaired) electrons. The molecule has 26 heavy (non-hydrogen) atoms. The minimum atomic E-state index is -0.289. The monoisotopic (exact) mass is 357 g/mol. The predicted octanol–water partition coefficient (Wildman–Crippen LogP) is 2.08. The SMILES string of the molecule is COCC#Cc1cc(O[C@@H](C)COC)cc(C(=O)Nc2ccn(C)n2)c1. The highest BCUT2D eigenvalue weighted by molar-refractivity contribution is 6.04. The highest BCUT2D eigenvalue weighted by Gasteiger charge is 2.12. The van der Waals surface area contributed by atoms with Crippen molar-refractivity contribution in [3.05, 3.63) is 41.6 Å². The molecule has 0 bridgehead atoms. The summed E-state index contributed by atoms with van der Waals surface area (Å²) in [7, 11) is 4.97. The molecule has 0 saturated carbocycles. The molecule has 0 aliphatic carbocycles. The van der Waals surface area contributed by atoms with E-state index in [4.69, 9.17) is 14.2 Å². The zero-order valence-corrected chi connectivity index (χ0v) is 15.4. The lowest BCUT2D eigenvalue weighted by Gasteiger charge is -2.15. The molecule has 2 rings (SSSR count). The van der Waals surface area contributed by atoms with E-state index < -0.39 is 0 Å². The molecule has 138 valence electrons. The standard InChI is InChI=1S/C19H23N3O4/c1-14(13-25-4)26-17-11-15(6-5-9-24-3)10-16(12-17)19(23)20-18-7-8-22(2)21-18/h7-8,10-12,14H,9,13H2,1-4H3,(H,20,21,23)/t14-/m0/s1. The van der Waals surface area contributed by atoms with Crippen molar-refractivity contribution in [2.75, 3.05) is 32.8 Å². The number of methoxy groups -OCH3 is 2.